The Morgan fingerprint density at radius 1 is 0.565 bits per heavy atom. The summed E-state index contributed by atoms with van der Waals surface area (Å²) in [5.41, 5.74) is 2.59. The van der Waals surface area contributed by atoms with E-state index in [1.54, 1.807) is 38.7 Å². The van der Waals surface area contributed by atoms with Crippen molar-refractivity contribution in [2.45, 2.75) is 13.1 Å². The Hall–Kier alpha value is -3.78. The summed E-state index contributed by atoms with van der Waals surface area (Å²) >= 11 is 0. The summed E-state index contributed by atoms with van der Waals surface area (Å²) in [5, 5.41) is 23.5. The molecule has 46 heavy (non-hydrogen) atoms. The molecule has 248 valence electrons. The van der Waals surface area contributed by atoms with Crippen molar-refractivity contribution in [1.29, 1.82) is 0 Å². The largest absolute Gasteiger partial charge is 0.505 e. The first-order valence-electron chi connectivity index (χ1n) is 15.6. The Balaban J connectivity index is 1.15. The van der Waals surface area contributed by atoms with Gasteiger partial charge in [-0.1, -0.05) is 12.1 Å². The normalized spacial score (nSPS) is 17.4. The molecular formula is C34H44N4O8. The molecule has 0 radical (unpaired) electrons. The van der Waals surface area contributed by atoms with Crippen molar-refractivity contribution >= 4 is 21.8 Å². The zero-order valence-electron chi connectivity index (χ0n) is 26.7. The van der Waals surface area contributed by atoms with Crippen LogP contribution >= 0.6 is 0 Å². The third kappa shape index (κ3) is 8.72. The van der Waals surface area contributed by atoms with Crippen molar-refractivity contribution in [2.75, 3.05) is 93.3 Å². The summed E-state index contributed by atoms with van der Waals surface area (Å²) in [6, 6.07) is 11.2. The van der Waals surface area contributed by atoms with Crippen LogP contribution in [0.4, 0.5) is 0 Å². The van der Waals surface area contributed by atoms with Crippen LogP contribution in [-0.4, -0.2) is 123 Å². The van der Waals surface area contributed by atoms with Gasteiger partial charge in [-0.05, 0) is 24.3 Å². The number of phenolic OH excluding ortho intramolecular Hbond substituents is 2. The van der Waals surface area contributed by atoms with Crippen molar-refractivity contribution in [3.05, 3.63) is 59.9 Å². The maximum atomic E-state index is 11.0. The van der Waals surface area contributed by atoms with E-state index in [4.69, 9.17) is 28.4 Å². The lowest BCUT2D eigenvalue weighted by molar-refractivity contribution is 0.00612. The molecule has 2 N–H and O–H groups in total. The van der Waals surface area contributed by atoms with E-state index in [0.717, 1.165) is 21.9 Å². The van der Waals surface area contributed by atoms with Gasteiger partial charge in [0.1, 0.15) is 34.0 Å². The monoisotopic (exact) mass is 636 g/mol. The van der Waals surface area contributed by atoms with E-state index in [-0.39, 0.29) is 11.5 Å². The highest BCUT2D eigenvalue weighted by Crippen LogP contribution is 2.34. The van der Waals surface area contributed by atoms with Gasteiger partial charge >= 0.3 is 0 Å². The molecule has 1 fully saturated rings. The van der Waals surface area contributed by atoms with Crippen LogP contribution in [0.15, 0.2) is 48.8 Å². The summed E-state index contributed by atoms with van der Waals surface area (Å²) in [4.78, 5) is 13.1. The van der Waals surface area contributed by atoms with Crippen LogP contribution in [0.2, 0.25) is 0 Å². The van der Waals surface area contributed by atoms with Crippen LogP contribution in [0, 0.1) is 0 Å². The van der Waals surface area contributed by atoms with Crippen molar-refractivity contribution in [3.63, 3.8) is 0 Å². The van der Waals surface area contributed by atoms with E-state index in [0.29, 0.717) is 115 Å². The highest BCUT2D eigenvalue weighted by molar-refractivity contribution is 5.91. The number of benzene rings is 2. The van der Waals surface area contributed by atoms with Crippen LogP contribution in [0.1, 0.15) is 11.1 Å². The Morgan fingerprint density at radius 2 is 0.935 bits per heavy atom. The Bertz CT molecular complexity index is 1420. The van der Waals surface area contributed by atoms with Gasteiger partial charge in [-0.2, -0.15) is 0 Å². The molecule has 12 nitrogen and oxygen atoms in total. The zero-order valence-corrected chi connectivity index (χ0v) is 26.7. The molecule has 4 aromatic rings. The molecule has 0 spiro atoms. The Kier molecular flexibility index (Phi) is 12.6. The lowest BCUT2D eigenvalue weighted by Crippen LogP contribution is -2.32. The van der Waals surface area contributed by atoms with Crippen molar-refractivity contribution in [1.82, 2.24) is 19.8 Å². The topological polar surface area (TPSA) is 128 Å². The predicted octanol–water partition coefficient (Wildman–Crippen LogP) is 3.60. The molecule has 2 aromatic carbocycles. The summed E-state index contributed by atoms with van der Waals surface area (Å²) in [6.45, 7) is 7.61. The Morgan fingerprint density at radius 3 is 1.28 bits per heavy atom. The minimum Gasteiger partial charge on any atom is -0.505 e. The first-order chi connectivity index (χ1) is 22.6. The van der Waals surface area contributed by atoms with Gasteiger partial charge in [0, 0.05) is 73.6 Å². The highest BCUT2D eigenvalue weighted by atomic mass is 16.5. The number of hydrogen-bond donors (Lipinski definition) is 2. The number of fused-ring (bicyclic) bond motifs is 2. The quantitative estimate of drug-likeness (QED) is 0.321. The molecule has 3 heterocycles. The molecule has 0 amide bonds. The van der Waals surface area contributed by atoms with E-state index >= 15 is 0 Å². The molecule has 1 aliphatic heterocycles. The van der Waals surface area contributed by atoms with Gasteiger partial charge in [-0.15, -0.1) is 0 Å². The van der Waals surface area contributed by atoms with Crippen molar-refractivity contribution < 1.29 is 38.6 Å². The molecule has 2 aromatic heterocycles. The van der Waals surface area contributed by atoms with Gasteiger partial charge < -0.3 is 38.6 Å². The van der Waals surface area contributed by atoms with E-state index in [2.05, 4.69) is 19.8 Å². The highest BCUT2D eigenvalue weighted by Gasteiger charge is 2.16. The smallest absolute Gasteiger partial charge is 0.146 e. The maximum Gasteiger partial charge on any atom is 0.146 e. The van der Waals surface area contributed by atoms with Gasteiger partial charge in [0.2, 0.25) is 0 Å². The van der Waals surface area contributed by atoms with E-state index < -0.39 is 0 Å². The SMILES string of the molecule is COc1ccnc2c(O)c(CN3CCOCCOCCN(Cc4ccc5c(OC)ccnc5c4O)CCOCCOCC3)ccc12. The summed E-state index contributed by atoms with van der Waals surface area (Å²) in [7, 11) is 3.21. The third-order valence-corrected chi connectivity index (χ3v) is 8.04. The fraction of sp³-hybridized carbons (Fsp3) is 0.471. The third-order valence-electron chi connectivity index (χ3n) is 8.04. The Labute approximate surface area is 269 Å². The standard InChI is InChI=1S/C34H44N4O8/c1-41-29-7-9-35-31-27(29)5-3-25(33(31)39)23-37-11-15-43-19-21-45-17-13-38(14-18-46-22-20-44-16-12-37)24-26-4-6-28-30(42-2)8-10-36-32(28)34(26)40/h3-10,39-40H,11-24H2,1-2H3. The second-order valence-corrected chi connectivity index (χ2v) is 11.0. The molecular weight excluding hydrogens is 592 g/mol. The van der Waals surface area contributed by atoms with Gasteiger partial charge in [-0.3, -0.25) is 19.8 Å². The van der Waals surface area contributed by atoms with Gasteiger partial charge in [-0.25, -0.2) is 0 Å². The average molecular weight is 637 g/mol. The fourth-order valence-electron chi connectivity index (χ4n) is 5.49. The maximum absolute atomic E-state index is 11.0. The molecule has 12 heteroatoms. The van der Waals surface area contributed by atoms with Gasteiger partial charge in [0.05, 0.1) is 67.1 Å². The first-order valence-corrected chi connectivity index (χ1v) is 15.6. The molecule has 1 saturated heterocycles. The lowest BCUT2D eigenvalue weighted by Gasteiger charge is -2.24. The van der Waals surface area contributed by atoms with Crippen molar-refractivity contribution in [2.24, 2.45) is 0 Å². The minimum atomic E-state index is 0.154. The number of ether oxygens (including phenoxy) is 6. The summed E-state index contributed by atoms with van der Waals surface area (Å²) < 4.78 is 34.4. The molecule has 0 atom stereocenters. The molecule has 5 rings (SSSR count). The second kappa shape index (κ2) is 17.2. The average Bonchev–Trinajstić information content (AvgIpc) is 3.08. The van der Waals surface area contributed by atoms with E-state index in [1.165, 1.54) is 0 Å². The summed E-state index contributed by atoms with van der Waals surface area (Å²) in [6.07, 6.45) is 3.27. The fourth-order valence-corrected chi connectivity index (χ4v) is 5.49. The molecule has 0 saturated carbocycles. The van der Waals surface area contributed by atoms with E-state index in [9.17, 15) is 10.2 Å². The molecule has 0 aliphatic carbocycles. The van der Waals surface area contributed by atoms with Crippen LogP contribution in [0.3, 0.4) is 0 Å². The van der Waals surface area contributed by atoms with Gasteiger partial charge in [0.15, 0.2) is 0 Å². The van der Waals surface area contributed by atoms with Crippen molar-refractivity contribution in [3.8, 4) is 23.0 Å². The number of aromatic nitrogens is 2. The number of phenols is 2. The number of aromatic hydroxyl groups is 2. The van der Waals surface area contributed by atoms with Gasteiger partial charge in [0.25, 0.3) is 0 Å². The zero-order chi connectivity index (χ0) is 32.1. The first kappa shape index (κ1) is 33.6. The number of methoxy groups -OCH3 is 2. The van der Waals surface area contributed by atoms with Crippen LogP contribution in [0.5, 0.6) is 23.0 Å². The number of hydrogen-bond acceptors (Lipinski definition) is 12. The van der Waals surface area contributed by atoms with Crippen LogP contribution < -0.4 is 9.47 Å². The second-order valence-electron chi connectivity index (χ2n) is 11.0. The van der Waals surface area contributed by atoms with Crippen LogP contribution in [0.25, 0.3) is 21.8 Å². The predicted molar refractivity (Wildman–Crippen MR) is 174 cm³/mol. The number of nitrogens with zero attached hydrogens (tertiary/aromatic N) is 4. The molecule has 1 aliphatic rings. The number of rotatable bonds is 6. The van der Waals surface area contributed by atoms with E-state index in [1.807, 2.05) is 24.3 Å². The van der Waals surface area contributed by atoms with Crippen LogP contribution in [-0.2, 0) is 32.0 Å². The summed E-state index contributed by atoms with van der Waals surface area (Å²) in [5.74, 6) is 1.65. The number of pyridine rings is 2. The molecule has 0 bridgehead atoms. The minimum absolute atomic E-state index is 0.154. The molecule has 0 unspecified atom stereocenters. The lowest BCUT2D eigenvalue weighted by atomic mass is 10.1.